The van der Waals surface area contributed by atoms with Crippen molar-refractivity contribution in [2.75, 3.05) is 21.2 Å². The highest BCUT2D eigenvalue weighted by atomic mass is 32.2. The normalized spacial score (nSPS) is 11.7. The number of hydrogen-bond acceptors (Lipinski definition) is 6. The number of nitrogens with zero attached hydrogens (tertiary/aromatic N) is 2. The van der Waals surface area contributed by atoms with E-state index < -0.39 is 21.6 Å². The van der Waals surface area contributed by atoms with Gasteiger partial charge < -0.3 is 13.7 Å². The zero-order valence-electron chi connectivity index (χ0n) is 12.8. The molecule has 2 aromatic rings. The number of rotatable bonds is 5. The molecule has 2 heterocycles. The molecule has 0 spiro atoms. The number of ether oxygens (including phenoxy) is 1. The van der Waals surface area contributed by atoms with Crippen LogP contribution in [0, 0.1) is 0 Å². The van der Waals surface area contributed by atoms with E-state index >= 15 is 0 Å². The Bertz CT molecular complexity index is 879. The molecular formula is C14H16N2O6S. The number of sulfonamides is 1. The lowest BCUT2D eigenvalue weighted by atomic mass is 10.2. The molecule has 0 bridgehead atoms. The molecule has 0 aromatic carbocycles. The third-order valence-corrected chi connectivity index (χ3v) is 4.99. The maximum Gasteiger partial charge on any atom is 0.374 e. The van der Waals surface area contributed by atoms with Crippen LogP contribution in [0.5, 0.6) is 0 Å². The number of aromatic nitrogens is 1. The summed E-state index contributed by atoms with van der Waals surface area (Å²) in [4.78, 5) is 23.5. The van der Waals surface area contributed by atoms with Gasteiger partial charge in [0.05, 0.1) is 24.8 Å². The molecule has 0 N–H and O–H groups in total. The van der Waals surface area contributed by atoms with Gasteiger partial charge in [0.25, 0.3) is 5.56 Å². The molecule has 0 saturated heterocycles. The van der Waals surface area contributed by atoms with E-state index in [9.17, 15) is 18.0 Å². The predicted molar refractivity (Wildman–Crippen MR) is 80.7 cm³/mol. The van der Waals surface area contributed by atoms with Crippen LogP contribution in [-0.2, 0) is 21.3 Å². The van der Waals surface area contributed by atoms with Gasteiger partial charge in [-0.05, 0) is 12.1 Å². The summed E-state index contributed by atoms with van der Waals surface area (Å²) >= 11 is 0. The Labute approximate surface area is 132 Å². The van der Waals surface area contributed by atoms with Gasteiger partial charge >= 0.3 is 5.97 Å². The maximum absolute atomic E-state index is 12.1. The van der Waals surface area contributed by atoms with Gasteiger partial charge in [0.15, 0.2) is 0 Å². The highest BCUT2D eigenvalue weighted by Crippen LogP contribution is 2.15. The number of hydrogen-bond donors (Lipinski definition) is 0. The molecule has 9 heteroatoms. The molecule has 124 valence electrons. The van der Waals surface area contributed by atoms with Crippen molar-refractivity contribution in [3.63, 3.8) is 0 Å². The van der Waals surface area contributed by atoms with Gasteiger partial charge in [0.2, 0.25) is 15.8 Å². The van der Waals surface area contributed by atoms with Crippen molar-refractivity contribution in [1.29, 1.82) is 0 Å². The fraction of sp³-hybridized carbons (Fsp3) is 0.286. The van der Waals surface area contributed by atoms with Gasteiger partial charge in [-0.2, -0.15) is 0 Å². The Balaban J connectivity index is 2.44. The highest BCUT2D eigenvalue weighted by Gasteiger charge is 2.20. The lowest BCUT2D eigenvalue weighted by Gasteiger charge is -2.13. The summed E-state index contributed by atoms with van der Waals surface area (Å²) in [5.41, 5.74) is 0.0121. The molecule has 2 aromatic heterocycles. The first-order valence-electron chi connectivity index (χ1n) is 6.55. The molecule has 0 saturated carbocycles. The van der Waals surface area contributed by atoms with Crippen LogP contribution in [0.4, 0.5) is 0 Å². The van der Waals surface area contributed by atoms with E-state index in [1.54, 1.807) is 0 Å². The van der Waals surface area contributed by atoms with Crippen molar-refractivity contribution in [2.24, 2.45) is 0 Å². The fourth-order valence-corrected chi connectivity index (χ4v) is 2.83. The number of carbonyl (C=O) groups is 1. The van der Waals surface area contributed by atoms with Gasteiger partial charge in [0, 0.05) is 31.9 Å². The lowest BCUT2D eigenvalue weighted by molar-refractivity contribution is 0.0563. The van der Waals surface area contributed by atoms with Crippen LogP contribution in [0.15, 0.2) is 44.8 Å². The topological polar surface area (TPSA) is 98.8 Å². The average Bonchev–Trinajstić information content (AvgIpc) is 2.96. The molecule has 0 atom stereocenters. The smallest absolute Gasteiger partial charge is 0.374 e. The Morgan fingerprint density at radius 3 is 2.61 bits per heavy atom. The first-order valence-corrected chi connectivity index (χ1v) is 7.99. The van der Waals surface area contributed by atoms with Crippen LogP contribution < -0.4 is 5.56 Å². The zero-order valence-corrected chi connectivity index (χ0v) is 13.7. The summed E-state index contributed by atoms with van der Waals surface area (Å²) in [5, 5.41) is 0. The molecule has 8 nitrogen and oxygen atoms in total. The molecule has 0 radical (unpaired) electrons. The zero-order chi connectivity index (χ0) is 17.2. The Kier molecular flexibility index (Phi) is 4.71. The van der Waals surface area contributed by atoms with E-state index in [0.717, 1.165) is 10.4 Å². The summed E-state index contributed by atoms with van der Waals surface area (Å²) in [6.07, 6.45) is 2.53. The van der Waals surface area contributed by atoms with E-state index in [1.165, 1.54) is 50.4 Å². The first-order chi connectivity index (χ1) is 10.8. The Morgan fingerprint density at radius 1 is 1.30 bits per heavy atom. The van der Waals surface area contributed by atoms with Crippen molar-refractivity contribution < 1.29 is 22.4 Å². The van der Waals surface area contributed by atoms with Gasteiger partial charge in [-0.3, -0.25) is 4.79 Å². The van der Waals surface area contributed by atoms with Crippen LogP contribution in [0.1, 0.15) is 16.1 Å². The first kappa shape index (κ1) is 17.0. The molecule has 0 amide bonds. The molecule has 0 aliphatic carbocycles. The minimum absolute atomic E-state index is 0.0173. The van der Waals surface area contributed by atoms with Crippen molar-refractivity contribution in [3.05, 3.63) is 52.3 Å². The summed E-state index contributed by atoms with van der Waals surface area (Å²) in [6.45, 7) is -0.0173. The van der Waals surface area contributed by atoms with Gasteiger partial charge in [-0.15, -0.1) is 0 Å². The van der Waals surface area contributed by atoms with Crippen LogP contribution in [0.2, 0.25) is 0 Å². The standard InChI is InChI=1S/C14H16N2O6S/c1-15(2)23(19,20)11-4-5-12(17)16(9-11)8-10-6-7-22-13(10)14(18)21-3/h4-7,9H,8H2,1-3H3. The minimum atomic E-state index is -3.67. The number of furan rings is 1. The SMILES string of the molecule is COC(=O)c1occc1Cn1cc(S(=O)(=O)N(C)C)ccc1=O. The van der Waals surface area contributed by atoms with E-state index in [2.05, 4.69) is 4.74 Å². The third kappa shape index (κ3) is 3.35. The quantitative estimate of drug-likeness (QED) is 0.736. The molecule has 0 unspecified atom stereocenters. The second-order valence-corrected chi connectivity index (χ2v) is 7.04. The summed E-state index contributed by atoms with van der Waals surface area (Å²) in [7, 11) is 0.344. The number of carbonyl (C=O) groups excluding carboxylic acids is 1. The second kappa shape index (κ2) is 6.39. The highest BCUT2D eigenvalue weighted by molar-refractivity contribution is 7.89. The minimum Gasteiger partial charge on any atom is -0.463 e. The van der Waals surface area contributed by atoms with Gasteiger partial charge in [-0.25, -0.2) is 17.5 Å². The van der Waals surface area contributed by atoms with Gasteiger partial charge in [0.1, 0.15) is 0 Å². The summed E-state index contributed by atoms with van der Waals surface area (Å²) < 4.78 is 36.2. The molecule has 0 fully saturated rings. The Hall–Kier alpha value is -2.39. The molecular weight excluding hydrogens is 324 g/mol. The fourth-order valence-electron chi connectivity index (χ4n) is 1.91. The van der Waals surface area contributed by atoms with Gasteiger partial charge in [-0.1, -0.05) is 0 Å². The van der Waals surface area contributed by atoms with E-state index in [1.807, 2.05) is 0 Å². The second-order valence-electron chi connectivity index (χ2n) is 4.88. The van der Waals surface area contributed by atoms with Crippen molar-refractivity contribution in [3.8, 4) is 0 Å². The van der Waals surface area contributed by atoms with Crippen molar-refractivity contribution in [1.82, 2.24) is 8.87 Å². The molecule has 0 aliphatic heterocycles. The number of pyridine rings is 1. The summed E-state index contributed by atoms with van der Waals surface area (Å²) in [5.74, 6) is -0.699. The van der Waals surface area contributed by atoms with Crippen LogP contribution in [0.3, 0.4) is 0 Å². The average molecular weight is 340 g/mol. The summed E-state index contributed by atoms with van der Waals surface area (Å²) in [6, 6.07) is 3.92. The monoisotopic (exact) mass is 340 g/mol. The Morgan fingerprint density at radius 2 is 2.00 bits per heavy atom. The van der Waals surface area contributed by atoms with Crippen molar-refractivity contribution in [2.45, 2.75) is 11.4 Å². The number of esters is 1. The molecule has 23 heavy (non-hydrogen) atoms. The van der Waals surface area contributed by atoms with E-state index in [4.69, 9.17) is 4.42 Å². The van der Waals surface area contributed by atoms with E-state index in [-0.39, 0.29) is 17.2 Å². The molecule has 0 aliphatic rings. The van der Waals surface area contributed by atoms with E-state index in [0.29, 0.717) is 5.56 Å². The van der Waals surface area contributed by atoms with Crippen LogP contribution in [-0.4, -0.2) is 44.5 Å². The van der Waals surface area contributed by atoms with Crippen molar-refractivity contribution >= 4 is 16.0 Å². The van der Waals surface area contributed by atoms with Crippen LogP contribution in [0.25, 0.3) is 0 Å². The van der Waals surface area contributed by atoms with Crippen LogP contribution >= 0.6 is 0 Å². The predicted octanol–water partition coefficient (Wildman–Crippen LogP) is 0.527. The third-order valence-electron chi connectivity index (χ3n) is 3.19. The largest absolute Gasteiger partial charge is 0.463 e. The maximum atomic E-state index is 12.1. The molecule has 2 rings (SSSR count). The lowest BCUT2D eigenvalue weighted by Crippen LogP contribution is -2.26. The number of methoxy groups -OCH3 is 1.